The van der Waals surface area contributed by atoms with Crippen molar-refractivity contribution >= 4 is 0 Å². The summed E-state index contributed by atoms with van der Waals surface area (Å²) in [5.41, 5.74) is 0.160. The number of hydrogen-bond acceptors (Lipinski definition) is 3. The number of aliphatic hydroxyl groups is 1. The first-order chi connectivity index (χ1) is 13.3. The molecule has 4 saturated carbocycles. The summed E-state index contributed by atoms with van der Waals surface area (Å²) in [7, 11) is 0. The minimum absolute atomic E-state index is 0.145. The Morgan fingerprint density at radius 1 is 0.929 bits per heavy atom. The second kappa shape index (κ2) is 6.44. The molecule has 3 unspecified atom stereocenters. The van der Waals surface area contributed by atoms with Gasteiger partial charge in [0, 0.05) is 12.3 Å². The highest BCUT2D eigenvalue weighted by Gasteiger charge is 2.66. The van der Waals surface area contributed by atoms with E-state index in [4.69, 9.17) is 9.47 Å². The lowest BCUT2D eigenvalue weighted by molar-refractivity contribution is -0.259. The number of ether oxygens (including phenoxy) is 2. The lowest BCUT2D eigenvalue weighted by Crippen LogP contribution is -2.59. The van der Waals surface area contributed by atoms with Crippen molar-refractivity contribution in [2.45, 2.75) is 103 Å². The molecule has 0 aromatic heterocycles. The van der Waals surface area contributed by atoms with E-state index in [1.165, 1.54) is 38.5 Å². The quantitative estimate of drug-likeness (QED) is 0.672. The third-order valence-electron chi connectivity index (χ3n) is 10.9. The van der Waals surface area contributed by atoms with Gasteiger partial charge in [0.05, 0.1) is 18.8 Å². The van der Waals surface area contributed by atoms with E-state index in [2.05, 4.69) is 27.7 Å². The molecule has 3 heteroatoms. The van der Waals surface area contributed by atoms with Crippen LogP contribution in [0.15, 0.2) is 0 Å². The standard InChI is InChI=1S/C25H42O3/c1-5-10-24(26)12-9-21-19-7-6-18-16-25(27-13-14-28-25)17(2)15-22(18,3)20(19)8-11-23(21,24)4/h17-21,26H,5-16H2,1-4H3/t17-,18+,19?,20?,21?,22+,23+,24+/m1/s1. The van der Waals surface area contributed by atoms with Gasteiger partial charge in [-0.2, -0.15) is 0 Å². The van der Waals surface area contributed by atoms with E-state index in [-0.39, 0.29) is 11.2 Å². The third-order valence-corrected chi connectivity index (χ3v) is 10.9. The average Bonchev–Trinajstić information content (AvgIpc) is 3.21. The fourth-order valence-electron chi connectivity index (χ4n) is 9.36. The Morgan fingerprint density at radius 3 is 2.36 bits per heavy atom. The van der Waals surface area contributed by atoms with Crippen LogP contribution in [0.25, 0.3) is 0 Å². The van der Waals surface area contributed by atoms with E-state index in [0.717, 1.165) is 62.6 Å². The maximum Gasteiger partial charge on any atom is 0.171 e. The minimum atomic E-state index is -0.412. The zero-order chi connectivity index (χ0) is 19.8. The smallest absolute Gasteiger partial charge is 0.171 e. The summed E-state index contributed by atoms with van der Waals surface area (Å²) in [6, 6.07) is 0. The van der Waals surface area contributed by atoms with Gasteiger partial charge in [0.1, 0.15) is 0 Å². The van der Waals surface area contributed by atoms with Crippen LogP contribution >= 0.6 is 0 Å². The van der Waals surface area contributed by atoms with E-state index in [0.29, 0.717) is 11.3 Å². The molecule has 5 aliphatic rings. The Bertz CT molecular complexity index is 613. The van der Waals surface area contributed by atoms with Gasteiger partial charge >= 0.3 is 0 Å². The fraction of sp³-hybridized carbons (Fsp3) is 1.00. The Morgan fingerprint density at radius 2 is 1.64 bits per heavy atom. The molecule has 1 heterocycles. The van der Waals surface area contributed by atoms with Crippen molar-refractivity contribution in [3.05, 3.63) is 0 Å². The van der Waals surface area contributed by atoms with Crippen LogP contribution in [-0.2, 0) is 9.47 Å². The molecular formula is C25H42O3. The van der Waals surface area contributed by atoms with E-state index in [1.54, 1.807) is 0 Å². The summed E-state index contributed by atoms with van der Waals surface area (Å²) in [5.74, 6) is 3.32. The molecule has 5 rings (SSSR count). The SMILES string of the molecule is CCC[C@]1(O)CCC2C3CC[C@H]4CC5(OCCO5)[C@H](C)C[C@]4(C)C3CC[C@@]21C. The fourth-order valence-corrected chi connectivity index (χ4v) is 9.36. The predicted molar refractivity (Wildman–Crippen MR) is 111 cm³/mol. The molecule has 0 aromatic rings. The van der Waals surface area contributed by atoms with Crippen molar-refractivity contribution in [1.82, 2.24) is 0 Å². The van der Waals surface area contributed by atoms with Crippen molar-refractivity contribution in [2.24, 2.45) is 40.4 Å². The van der Waals surface area contributed by atoms with Crippen LogP contribution < -0.4 is 0 Å². The molecule has 1 saturated heterocycles. The first kappa shape index (κ1) is 19.8. The van der Waals surface area contributed by atoms with Crippen molar-refractivity contribution in [1.29, 1.82) is 0 Å². The van der Waals surface area contributed by atoms with Crippen LogP contribution in [0.2, 0.25) is 0 Å². The second-order valence-corrected chi connectivity index (χ2v) is 11.8. The van der Waals surface area contributed by atoms with Crippen LogP contribution in [0.4, 0.5) is 0 Å². The molecule has 28 heavy (non-hydrogen) atoms. The Hall–Kier alpha value is -0.120. The molecule has 0 radical (unpaired) electrons. The van der Waals surface area contributed by atoms with Gasteiger partial charge in [-0.25, -0.2) is 0 Å². The van der Waals surface area contributed by atoms with Crippen LogP contribution in [0, 0.1) is 40.4 Å². The van der Waals surface area contributed by atoms with E-state index >= 15 is 0 Å². The summed E-state index contributed by atoms with van der Waals surface area (Å²) >= 11 is 0. The molecule has 1 spiro atoms. The largest absolute Gasteiger partial charge is 0.389 e. The molecule has 0 amide bonds. The van der Waals surface area contributed by atoms with Gasteiger partial charge in [0.15, 0.2) is 5.79 Å². The topological polar surface area (TPSA) is 38.7 Å². The maximum absolute atomic E-state index is 11.6. The maximum atomic E-state index is 11.6. The highest BCUT2D eigenvalue weighted by atomic mass is 16.7. The first-order valence-corrected chi connectivity index (χ1v) is 12.3. The van der Waals surface area contributed by atoms with Gasteiger partial charge in [0.25, 0.3) is 0 Å². The minimum Gasteiger partial charge on any atom is -0.389 e. The summed E-state index contributed by atoms with van der Waals surface area (Å²) in [6.07, 6.45) is 12.0. The lowest BCUT2D eigenvalue weighted by atomic mass is 9.43. The number of rotatable bonds is 2. The molecule has 0 bridgehead atoms. The average molecular weight is 391 g/mol. The Balaban J connectivity index is 1.42. The van der Waals surface area contributed by atoms with E-state index in [9.17, 15) is 5.11 Å². The normalized spacial score (nSPS) is 55.0. The van der Waals surface area contributed by atoms with Crippen molar-refractivity contribution in [3.63, 3.8) is 0 Å². The molecule has 3 nitrogen and oxygen atoms in total. The molecule has 0 aromatic carbocycles. The lowest BCUT2D eigenvalue weighted by Gasteiger charge is -2.63. The van der Waals surface area contributed by atoms with Gasteiger partial charge in [-0.1, -0.05) is 34.1 Å². The van der Waals surface area contributed by atoms with Gasteiger partial charge in [-0.3, -0.25) is 0 Å². The number of fused-ring (bicyclic) bond motifs is 5. The first-order valence-electron chi connectivity index (χ1n) is 12.3. The predicted octanol–water partition coefficient (Wildman–Crippen LogP) is 5.55. The molecular weight excluding hydrogens is 348 g/mol. The zero-order valence-corrected chi connectivity index (χ0v) is 18.6. The molecule has 5 fully saturated rings. The van der Waals surface area contributed by atoms with E-state index < -0.39 is 5.60 Å². The summed E-state index contributed by atoms with van der Waals surface area (Å²) < 4.78 is 12.4. The van der Waals surface area contributed by atoms with Crippen LogP contribution in [0.1, 0.15) is 91.9 Å². The third kappa shape index (κ3) is 2.45. The Labute approximate surface area is 171 Å². The van der Waals surface area contributed by atoms with Gasteiger partial charge < -0.3 is 14.6 Å². The molecule has 1 N–H and O–H groups in total. The summed E-state index contributed by atoms with van der Waals surface area (Å²) in [6.45, 7) is 11.2. The van der Waals surface area contributed by atoms with Gasteiger partial charge in [0.2, 0.25) is 0 Å². The zero-order valence-electron chi connectivity index (χ0n) is 18.6. The monoisotopic (exact) mass is 390 g/mol. The van der Waals surface area contributed by atoms with Gasteiger partial charge in [-0.05, 0) is 85.9 Å². The Kier molecular flexibility index (Phi) is 4.56. The highest BCUT2D eigenvalue weighted by molar-refractivity contribution is 5.14. The second-order valence-electron chi connectivity index (χ2n) is 11.8. The summed E-state index contributed by atoms with van der Waals surface area (Å²) in [5, 5.41) is 11.6. The number of hydrogen-bond donors (Lipinski definition) is 1. The van der Waals surface area contributed by atoms with Crippen LogP contribution in [0.5, 0.6) is 0 Å². The highest BCUT2D eigenvalue weighted by Crippen LogP contribution is 2.70. The van der Waals surface area contributed by atoms with Crippen molar-refractivity contribution in [3.8, 4) is 0 Å². The van der Waals surface area contributed by atoms with Crippen LogP contribution in [-0.4, -0.2) is 29.7 Å². The summed E-state index contributed by atoms with van der Waals surface area (Å²) in [4.78, 5) is 0. The molecule has 8 atom stereocenters. The van der Waals surface area contributed by atoms with Crippen molar-refractivity contribution < 1.29 is 14.6 Å². The van der Waals surface area contributed by atoms with E-state index in [1.807, 2.05) is 0 Å². The molecule has 160 valence electrons. The van der Waals surface area contributed by atoms with Crippen LogP contribution in [0.3, 0.4) is 0 Å². The molecule has 1 aliphatic heterocycles. The molecule has 4 aliphatic carbocycles. The van der Waals surface area contributed by atoms with Crippen molar-refractivity contribution in [2.75, 3.05) is 13.2 Å². The van der Waals surface area contributed by atoms with Gasteiger partial charge in [-0.15, -0.1) is 0 Å².